The van der Waals surface area contributed by atoms with Gasteiger partial charge in [0.2, 0.25) is 0 Å². The first kappa shape index (κ1) is 14.8. The van der Waals surface area contributed by atoms with Crippen LogP contribution in [-0.4, -0.2) is 0 Å². The third-order valence-corrected chi connectivity index (χ3v) is 6.07. The van der Waals surface area contributed by atoms with E-state index in [1.807, 2.05) is 0 Å². The highest BCUT2D eigenvalue weighted by Crippen LogP contribution is 2.34. The quantitative estimate of drug-likeness (QED) is 0.623. The van der Waals surface area contributed by atoms with Gasteiger partial charge < -0.3 is 0 Å². The SMILES string of the molecule is CC=Cc1ccccc1P(c1ccccc1)c1ccccc1. The Balaban J connectivity index is 2.19. The van der Waals surface area contributed by atoms with Crippen LogP contribution in [0.1, 0.15) is 12.5 Å². The van der Waals surface area contributed by atoms with Crippen LogP contribution in [0.15, 0.2) is 91.0 Å². The highest BCUT2D eigenvalue weighted by Gasteiger charge is 2.17. The maximum absolute atomic E-state index is 2.26. The van der Waals surface area contributed by atoms with Gasteiger partial charge in [0.05, 0.1) is 0 Å². The predicted octanol–water partition coefficient (Wildman–Crippen LogP) is 4.48. The minimum absolute atomic E-state index is 0.530. The molecule has 0 saturated carbocycles. The largest absolute Gasteiger partial charge is 0.0870 e. The van der Waals surface area contributed by atoms with Gasteiger partial charge >= 0.3 is 0 Å². The van der Waals surface area contributed by atoms with E-state index in [2.05, 4.69) is 104 Å². The average molecular weight is 302 g/mol. The predicted molar refractivity (Wildman–Crippen MR) is 99.9 cm³/mol. The van der Waals surface area contributed by atoms with Crippen molar-refractivity contribution >= 4 is 29.9 Å². The third kappa shape index (κ3) is 3.18. The van der Waals surface area contributed by atoms with Crippen molar-refractivity contribution < 1.29 is 0 Å². The van der Waals surface area contributed by atoms with Gasteiger partial charge in [0.15, 0.2) is 0 Å². The summed E-state index contributed by atoms with van der Waals surface area (Å²) in [5.74, 6) is 0. The van der Waals surface area contributed by atoms with Gasteiger partial charge in [-0.3, -0.25) is 0 Å². The Morgan fingerprint density at radius 2 is 1.14 bits per heavy atom. The summed E-state index contributed by atoms with van der Waals surface area (Å²) in [7, 11) is -0.530. The van der Waals surface area contributed by atoms with E-state index in [4.69, 9.17) is 0 Å². The Kier molecular flexibility index (Phi) is 4.83. The molecule has 0 spiro atoms. The van der Waals surface area contributed by atoms with Gasteiger partial charge in [-0.05, 0) is 36.3 Å². The Morgan fingerprint density at radius 1 is 0.636 bits per heavy atom. The molecule has 0 heterocycles. The molecule has 0 amide bonds. The highest BCUT2D eigenvalue weighted by atomic mass is 31.1. The number of hydrogen-bond acceptors (Lipinski definition) is 0. The summed E-state index contributed by atoms with van der Waals surface area (Å²) in [5, 5.41) is 4.19. The van der Waals surface area contributed by atoms with E-state index in [1.54, 1.807) is 0 Å². The van der Waals surface area contributed by atoms with Gasteiger partial charge in [0.1, 0.15) is 0 Å². The summed E-state index contributed by atoms with van der Waals surface area (Å²) in [6.45, 7) is 2.07. The minimum atomic E-state index is -0.530. The van der Waals surface area contributed by atoms with Crippen molar-refractivity contribution in [2.45, 2.75) is 6.92 Å². The molecule has 0 aromatic heterocycles. The second-order valence-electron chi connectivity index (χ2n) is 5.07. The van der Waals surface area contributed by atoms with E-state index in [9.17, 15) is 0 Å². The molecule has 0 aliphatic heterocycles. The van der Waals surface area contributed by atoms with Crippen LogP contribution in [-0.2, 0) is 0 Å². The van der Waals surface area contributed by atoms with Crippen molar-refractivity contribution in [3.63, 3.8) is 0 Å². The first-order valence-electron chi connectivity index (χ1n) is 7.52. The maximum atomic E-state index is 2.26. The van der Waals surface area contributed by atoms with E-state index in [1.165, 1.54) is 21.5 Å². The van der Waals surface area contributed by atoms with Crippen LogP contribution in [0.5, 0.6) is 0 Å². The number of hydrogen-bond donors (Lipinski definition) is 0. The molecule has 0 radical (unpaired) electrons. The van der Waals surface area contributed by atoms with Gasteiger partial charge in [-0.25, -0.2) is 0 Å². The van der Waals surface area contributed by atoms with Crippen molar-refractivity contribution in [1.82, 2.24) is 0 Å². The first-order chi connectivity index (χ1) is 10.9. The number of rotatable bonds is 4. The number of benzene rings is 3. The summed E-state index contributed by atoms with van der Waals surface area (Å²) in [4.78, 5) is 0. The van der Waals surface area contributed by atoms with Crippen LogP contribution in [0, 0.1) is 0 Å². The van der Waals surface area contributed by atoms with E-state index in [-0.39, 0.29) is 0 Å². The zero-order valence-electron chi connectivity index (χ0n) is 12.7. The second kappa shape index (κ2) is 7.20. The fourth-order valence-electron chi connectivity index (χ4n) is 2.59. The summed E-state index contributed by atoms with van der Waals surface area (Å²) in [6, 6.07) is 30.4. The molecule has 3 aromatic carbocycles. The monoisotopic (exact) mass is 302 g/mol. The first-order valence-corrected chi connectivity index (χ1v) is 8.86. The number of allylic oxidation sites excluding steroid dienone is 1. The molecule has 0 N–H and O–H groups in total. The van der Waals surface area contributed by atoms with E-state index < -0.39 is 7.92 Å². The molecular weight excluding hydrogens is 283 g/mol. The smallest absolute Gasteiger partial charge is 0.00788 e. The fraction of sp³-hybridized carbons (Fsp3) is 0.0476. The Hall–Kier alpha value is -2.17. The van der Waals surface area contributed by atoms with Crippen molar-refractivity contribution in [2.75, 3.05) is 0 Å². The molecule has 108 valence electrons. The average Bonchev–Trinajstić information content (AvgIpc) is 2.59. The molecule has 0 bridgehead atoms. The summed E-state index contributed by atoms with van der Waals surface area (Å²) < 4.78 is 0. The summed E-state index contributed by atoms with van der Waals surface area (Å²) in [6.07, 6.45) is 4.32. The molecule has 0 fully saturated rings. The van der Waals surface area contributed by atoms with Crippen LogP contribution in [0.4, 0.5) is 0 Å². The zero-order valence-corrected chi connectivity index (χ0v) is 13.6. The topological polar surface area (TPSA) is 0 Å². The lowest BCUT2D eigenvalue weighted by molar-refractivity contribution is 1.68. The molecule has 0 unspecified atom stereocenters. The second-order valence-corrected chi connectivity index (χ2v) is 7.25. The van der Waals surface area contributed by atoms with Crippen LogP contribution in [0.3, 0.4) is 0 Å². The molecular formula is C21H19P. The zero-order chi connectivity index (χ0) is 15.2. The van der Waals surface area contributed by atoms with Gasteiger partial charge in [-0.1, -0.05) is 97.1 Å². The van der Waals surface area contributed by atoms with Gasteiger partial charge in [0.25, 0.3) is 0 Å². The Bertz CT molecular complexity index is 706. The van der Waals surface area contributed by atoms with E-state index in [0.717, 1.165) is 0 Å². The Labute approximate surface area is 133 Å². The molecule has 0 saturated heterocycles. The lowest BCUT2D eigenvalue weighted by Crippen LogP contribution is -2.22. The molecule has 1 heteroatoms. The van der Waals surface area contributed by atoms with Crippen molar-refractivity contribution in [3.8, 4) is 0 Å². The standard InChI is InChI=1S/C21H19P/c1-2-11-18-12-9-10-17-21(18)22(19-13-5-3-6-14-19)20-15-7-4-8-16-20/h2-17H,1H3. The van der Waals surface area contributed by atoms with E-state index in [0.29, 0.717) is 0 Å². The Morgan fingerprint density at radius 3 is 1.68 bits per heavy atom. The molecule has 3 aromatic rings. The van der Waals surface area contributed by atoms with Crippen LogP contribution < -0.4 is 15.9 Å². The van der Waals surface area contributed by atoms with E-state index >= 15 is 0 Å². The highest BCUT2D eigenvalue weighted by molar-refractivity contribution is 7.80. The normalized spacial score (nSPS) is 11.2. The molecule has 3 rings (SSSR count). The van der Waals surface area contributed by atoms with Gasteiger partial charge in [0, 0.05) is 0 Å². The molecule has 22 heavy (non-hydrogen) atoms. The fourth-order valence-corrected chi connectivity index (χ4v) is 5.03. The van der Waals surface area contributed by atoms with Gasteiger partial charge in [-0.15, -0.1) is 0 Å². The summed E-state index contributed by atoms with van der Waals surface area (Å²) >= 11 is 0. The molecule has 0 atom stereocenters. The van der Waals surface area contributed by atoms with Crippen LogP contribution in [0.25, 0.3) is 6.08 Å². The van der Waals surface area contributed by atoms with Crippen molar-refractivity contribution in [3.05, 3.63) is 96.6 Å². The maximum Gasteiger partial charge on any atom is -0.00788 e. The summed E-state index contributed by atoms with van der Waals surface area (Å²) in [5.41, 5.74) is 1.31. The van der Waals surface area contributed by atoms with Crippen LogP contribution in [0.2, 0.25) is 0 Å². The minimum Gasteiger partial charge on any atom is -0.0870 e. The molecule has 0 nitrogen and oxygen atoms in total. The molecule has 0 aliphatic carbocycles. The molecule has 0 aliphatic rings. The van der Waals surface area contributed by atoms with Gasteiger partial charge in [-0.2, -0.15) is 0 Å². The van der Waals surface area contributed by atoms with Crippen LogP contribution >= 0.6 is 7.92 Å². The third-order valence-electron chi connectivity index (χ3n) is 3.55. The van der Waals surface area contributed by atoms with Crippen molar-refractivity contribution in [2.24, 2.45) is 0 Å². The lowest BCUT2D eigenvalue weighted by Gasteiger charge is -2.21. The van der Waals surface area contributed by atoms with Crippen molar-refractivity contribution in [1.29, 1.82) is 0 Å². The lowest BCUT2D eigenvalue weighted by atomic mass is 10.2.